The summed E-state index contributed by atoms with van der Waals surface area (Å²) in [6.45, 7) is 1.11. The number of esters is 1. The molecular weight excluding hydrogens is 344 g/mol. The fourth-order valence-corrected chi connectivity index (χ4v) is 2.69. The molecule has 130 valence electrons. The van der Waals surface area contributed by atoms with Crippen molar-refractivity contribution in [1.82, 2.24) is 9.97 Å². The number of halogens is 1. The zero-order valence-corrected chi connectivity index (χ0v) is 14.5. The molecule has 1 aromatic carbocycles. The average Bonchev–Trinajstić information content (AvgIpc) is 2.61. The van der Waals surface area contributed by atoms with Gasteiger partial charge in [0.15, 0.2) is 11.0 Å². The highest BCUT2D eigenvalue weighted by Gasteiger charge is 2.18. The molecule has 0 unspecified atom stereocenters. The number of fused-ring (bicyclic) bond motifs is 1. The first-order valence-corrected chi connectivity index (χ1v) is 7.88. The molecule has 1 aromatic heterocycles. The molecule has 0 atom stereocenters. The first kappa shape index (κ1) is 17.0. The van der Waals surface area contributed by atoms with Crippen molar-refractivity contribution in [2.24, 2.45) is 4.99 Å². The van der Waals surface area contributed by atoms with Crippen LogP contribution in [0.4, 0.5) is 23.1 Å². The summed E-state index contributed by atoms with van der Waals surface area (Å²) in [5.41, 5.74) is 8.40. The van der Waals surface area contributed by atoms with E-state index in [9.17, 15) is 4.79 Å². The second-order valence-corrected chi connectivity index (χ2v) is 5.85. The van der Waals surface area contributed by atoms with Crippen LogP contribution in [0.2, 0.25) is 5.15 Å². The molecule has 3 rings (SSSR count). The Kier molecular flexibility index (Phi) is 4.71. The van der Waals surface area contributed by atoms with E-state index in [0.717, 1.165) is 11.4 Å². The van der Waals surface area contributed by atoms with Gasteiger partial charge in [-0.1, -0.05) is 11.6 Å². The molecular formula is C16H17ClN6O2. The van der Waals surface area contributed by atoms with Crippen molar-refractivity contribution in [1.29, 1.82) is 0 Å². The highest BCUT2D eigenvalue weighted by atomic mass is 35.5. The zero-order chi connectivity index (χ0) is 18.0. The van der Waals surface area contributed by atoms with Crippen LogP contribution in [-0.4, -0.2) is 48.9 Å². The van der Waals surface area contributed by atoms with Crippen LogP contribution < -0.4 is 16.0 Å². The standard InChI is InChI=1S/C16H17ClN6O2/c1-23(11-5-3-9(4-6-11)15(24)25-2)8-10-7-19-14-12(20-10)13(17)21-16(18)22-14/h3-6H,7-8H2,1-2H3,(H3,18,19,21,22). The Hall–Kier alpha value is -2.87. The quantitative estimate of drug-likeness (QED) is 0.635. The van der Waals surface area contributed by atoms with Crippen LogP contribution in [0.5, 0.6) is 0 Å². The van der Waals surface area contributed by atoms with Crippen molar-refractivity contribution in [2.45, 2.75) is 0 Å². The Labute approximate surface area is 149 Å². The van der Waals surface area contributed by atoms with Gasteiger partial charge in [-0.15, -0.1) is 0 Å². The number of nitrogen functional groups attached to an aromatic ring is 1. The molecule has 25 heavy (non-hydrogen) atoms. The molecule has 0 amide bonds. The average molecular weight is 361 g/mol. The molecule has 3 N–H and O–H groups in total. The SMILES string of the molecule is COC(=O)c1ccc(N(C)CC2=Nc3c(Cl)nc(N)nc3NC2)cc1. The number of benzene rings is 1. The fourth-order valence-electron chi connectivity index (χ4n) is 2.48. The summed E-state index contributed by atoms with van der Waals surface area (Å²) in [7, 11) is 3.29. The number of rotatable bonds is 4. The van der Waals surface area contributed by atoms with Crippen molar-refractivity contribution < 1.29 is 9.53 Å². The van der Waals surface area contributed by atoms with Crippen LogP contribution in [0, 0.1) is 0 Å². The van der Waals surface area contributed by atoms with Gasteiger partial charge in [-0.05, 0) is 24.3 Å². The molecule has 0 spiro atoms. The van der Waals surface area contributed by atoms with Crippen molar-refractivity contribution in [3.05, 3.63) is 35.0 Å². The van der Waals surface area contributed by atoms with Crippen molar-refractivity contribution in [3.8, 4) is 0 Å². The molecule has 8 nitrogen and oxygen atoms in total. The maximum absolute atomic E-state index is 11.5. The van der Waals surface area contributed by atoms with Gasteiger partial charge in [0, 0.05) is 12.7 Å². The fraction of sp³-hybridized carbons (Fsp3) is 0.250. The zero-order valence-electron chi connectivity index (χ0n) is 13.8. The van der Waals surface area contributed by atoms with Gasteiger partial charge in [-0.25, -0.2) is 9.79 Å². The van der Waals surface area contributed by atoms with E-state index in [4.69, 9.17) is 22.1 Å². The Bertz CT molecular complexity index is 837. The molecule has 0 fully saturated rings. The predicted octanol–water partition coefficient (Wildman–Crippen LogP) is 2.13. The Morgan fingerprint density at radius 3 is 2.76 bits per heavy atom. The van der Waals surface area contributed by atoms with Crippen molar-refractivity contribution in [2.75, 3.05) is 43.2 Å². The number of nitrogens with zero attached hydrogens (tertiary/aromatic N) is 4. The van der Waals surface area contributed by atoms with Gasteiger partial charge in [-0.3, -0.25) is 0 Å². The first-order chi connectivity index (χ1) is 12.0. The van der Waals surface area contributed by atoms with Crippen LogP contribution in [0.3, 0.4) is 0 Å². The normalized spacial score (nSPS) is 12.7. The number of methoxy groups -OCH3 is 1. The maximum atomic E-state index is 11.5. The summed E-state index contributed by atoms with van der Waals surface area (Å²) >= 11 is 6.09. The van der Waals surface area contributed by atoms with Gasteiger partial charge in [0.1, 0.15) is 5.69 Å². The molecule has 0 aliphatic carbocycles. The summed E-state index contributed by atoms with van der Waals surface area (Å²) < 4.78 is 4.70. The van der Waals surface area contributed by atoms with Crippen molar-refractivity contribution >= 4 is 46.4 Å². The van der Waals surface area contributed by atoms with Gasteiger partial charge in [0.05, 0.1) is 31.5 Å². The lowest BCUT2D eigenvalue weighted by atomic mass is 10.2. The number of hydrogen-bond acceptors (Lipinski definition) is 8. The largest absolute Gasteiger partial charge is 0.465 e. The highest BCUT2D eigenvalue weighted by Crippen LogP contribution is 2.33. The molecule has 1 aliphatic heterocycles. The number of nitrogens with one attached hydrogen (secondary N) is 1. The molecule has 0 bridgehead atoms. The Morgan fingerprint density at radius 1 is 1.36 bits per heavy atom. The lowest BCUT2D eigenvalue weighted by Crippen LogP contribution is -2.31. The third kappa shape index (κ3) is 3.63. The molecule has 2 heterocycles. The van der Waals surface area contributed by atoms with E-state index in [1.807, 2.05) is 24.1 Å². The number of nitrogens with two attached hydrogens (primary N) is 1. The van der Waals surface area contributed by atoms with Gasteiger partial charge in [-0.2, -0.15) is 9.97 Å². The molecule has 0 saturated carbocycles. The van der Waals surface area contributed by atoms with Crippen molar-refractivity contribution in [3.63, 3.8) is 0 Å². The molecule has 0 radical (unpaired) electrons. The van der Waals surface area contributed by atoms with Gasteiger partial charge < -0.3 is 20.7 Å². The van der Waals surface area contributed by atoms with Gasteiger partial charge in [0.2, 0.25) is 5.95 Å². The molecule has 9 heteroatoms. The minimum atomic E-state index is -0.361. The Morgan fingerprint density at radius 2 is 2.08 bits per heavy atom. The minimum absolute atomic E-state index is 0.109. The number of aromatic nitrogens is 2. The van der Waals surface area contributed by atoms with E-state index < -0.39 is 0 Å². The second-order valence-electron chi connectivity index (χ2n) is 5.50. The first-order valence-electron chi connectivity index (χ1n) is 7.50. The van der Waals surface area contributed by atoms with E-state index in [-0.39, 0.29) is 17.1 Å². The number of anilines is 3. The molecule has 0 saturated heterocycles. The van der Waals surface area contributed by atoms with E-state index >= 15 is 0 Å². The van der Waals surface area contributed by atoms with Gasteiger partial charge in [0.25, 0.3) is 0 Å². The van der Waals surface area contributed by atoms with E-state index in [0.29, 0.717) is 30.2 Å². The topological polar surface area (TPSA) is 106 Å². The van der Waals surface area contributed by atoms with E-state index in [1.165, 1.54) is 7.11 Å². The smallest absolute Gasteiger partial charge is 0.337 e. The van der Waals surface area contributed by atoms with Crippen LogP contribution in [0.1, 0.15) is 10.4 Å². The molecule has 1 aliphatic rings. The van der Waals surface area contributed by atoms with Crippen LogP contribution >= 0.6 is 11.6 Å². The summed E-state index contributed by atoms with van der Waals surface area (Å²) in [5.74, 6) is 0.282. The van der Waals surface area contributed by atoms with Crippen LogP contribution in [-0.2, 0) is 4.74 Å². The van der Waals surface area contributed by atoms with Gasteiger partial charge >= 0.3 is 5.97 Å². The predicted molar refractivity (Wildman–Crippen MR) is 98.1 cm³/mol. The lowest BCUT2D eigenvalue weighted by Gasteiger charge is -2.23. The number of aliphatic imine (C=N–C) groups is 1. The number of ether oxygens (including phenoxy) is 1. The monoisotopic (exact) mass is 360 g/mol. The minimum Gasteiger partial charge on any atom is -0.465 e. The lowest BCUT2D eigenvalue weighted by molar-refractivity contribution is 0.0601. The second kappa shape index (κ2) is 6.94. The van der Waals surface area contributed by atoms with Crippen LogP contribution in [0.15, 0.2) is 29.3 Å². The van der Waals surface area contributed by atoms with Crippen LogP contribution in [0.25, 0.3) is 0 Å². The Balaban J connectivity index is 1.76. The molecule has 2 aromatic rings. The number of carbonyl (C=O) groups excluding carboxylic acids is 1. The summed E-state index contributed by atoms with van der Waals surface area (Å²) in [6, 6.07) is 7.16. The third-order valence-electron chi connectivity index (χ3n) is 3.74. The number of carbonyl (C=O) groups is 1. The highest BCUT2D eigenvalue weighted by molar-refractivity contribution is 6.32. The number of hydrogen-bond donors (Lipinski definition) is 2. The third-order valence-corrected chi connectivity index (χ3v) is 4.00. The summed E-state index contributed by atoms with van der Waals surface area (Å²) in [6.07, 6.45) is 0. The van der Waals surface area contributed by atoms with E-state index in [1.54, 1.807) is 12.1 Å². The maximum Gasteiger partial charge on any atom is 0.337 e. The summed E-state index contributed by atoms with van der Waals surface area (Å²) in [4.78, 5) is 26.0. The van der Waals surface area contributed by atoms with E-state index in [2.05, 4.69) is 20.3 Å². The summed E-state index contributed by atoms with van der Waals surface area (Å²) in [5, 5.41) is 3.37.